The van der Waals surface area contributed by atoms with E-state index in [1.54, 1.807) is 11.9 Å². The van der Waals surface area contributed by atoms with Crippen LogP contribution in [0.4, 0.5) is 10.5 Å². The predicted molar refractivity (Wildman–Crippen MR) is 103 cm³/mol. The summed E-state index contributed by atoms with van der Waals surface area (Å²) in [4.78, 5) is 47.6. The molecule has 3 aliphatic heterocycles. The number of primary amides is 1. The second-order valence-corrected chi connectivity index (χ2v) is 7.35. The van der Waals surface area contributed by atoms with E-state index >= 15 is 0 Å². The van der Waals surface area contributed by atoms with Crippen LogP contribution in [-0.4, -0.2) is 64.3 Å². The molecule has 0 saturated carbocycles. The Morgan fingerprint density at radius 2 is 1.89 bits per heavy atom. The van der Waals surface area contributed by atoms with Gasteiger partial charge in [0.15, 0.2) is 12.2 Å². The van der Waals surface area contributed by atoms with Crippen LogP contribution in [0.25, 0.3) is 0 Å². The highest BCUT2D eigenvalue weighted by molar-refractivity contribution is 6.10. The van der Waals surface area contributed by atoms with E-state index in [0.717, 1.165) is 21.8 Å². The van der Waals surface area contributed by atoms with Crippen LogP contribution in [-0.2, 0) is 9.59 Å². The summed E-state index contributed by atoms with van der Waals surface area (Å²) in [5.74, 6) is -0.626. The Hall–Kier alpha value is -3.36. The summed E-state index contributed by atoms with van der Waals surface area (Å²) in [6.07, 6.45) is 1.19. The topological polar surface area (TPSA) is 103 Å². The smallest absolute Gasteiger partial charge is 0.328 e. The molecule has 146 valence electrons. The zero-order valence-corrected chi connectivity index (χ0v) is 16.2. The van der Waals surface area contributed by atoms with Crippen molar-refractivity contribution in [3.05, 3.63) is 41.2 Å². The number of hydrogen-bond donors (Lipinski definition) is 1. The van der Waals surface area contributed by atoms with Gasteiger partial charge in [0.2, 0.25) is 11.9 Å². The normalized spacial score (nSPS) is 23.7. The molecule has 0 aromatic heterocycles. The molecule has 1 fully saturated rings. The number of allylic oxidation sites excluding steroid dienone is 1. The molecule has 9 nitrogen and oxygen atoms in total. The van der Waals surface area contributed by atoms with E-state index in [9.17, 15) is 14.4 Å². The molecule has 3 aliphatic rings. The molecule has 0 bridgehead atoms. The molecule has 1 saturated heterocycles. The number of likely N-dealkylation sites (N-methyl/N-ethyl adjacent to an activating group) is 1. The number of fused-ring (bicyclic) bond motifs is 3. The lowest BCUT2D eigenvalue weighted by Crippen LogP contribution is -2.65. The monoisotopic (exact) mass is 382 g/mol. The van der Waals surface area contributed by atoms with Crippen molar-refractivity contribution in [2.24, 2.45) is 10.7 Å². The van der Waals surface area contributed by atoms with Gasteiger partial charge in [0.05, 0.1) is 0 Å². The van der Waals surface area contributed by atoms with Crippen LogP contribution in [0.15, 0.2) is 35.1 Å². The number of hydrogen-bond acceptors (Lipinski definition) is 6. The van der Waals surface area contributed by atoms with E-state index in [-0.39, 0.29) is 0 Å². The number of carbonyl (C=O) groups excluding carboxylic acids is 3. The third-order valence-electron chi connectivity index (χ3n) is 5.45. The number of aliphatic imine (C=N–C) groups is 1. The summed E-state index contributed by atoms with van der Waals surface area (Å²) in [5.41, 5.74) is 9.40. The van der Waals surface area contributed by atoms with Crippen LogP contribution in [0.5, 0.6) is 0 Å². The fourth-order valence-corrected chi connectivity index (χ4v) is 3.84. The second kappa shape index (κ2) is 6.08. The Kier molecular flexibility index (Phi) is 3.91. The molecule has 4 rings (SSSR count). The van der Waals surface area contributed by atoms with Gasteiger partial charge in [-0.2, -0.15) is 0 Å². The summed E-state index contributed by atoms with van der Waals surface area (Å²) < 4.78 is 0. The number of benzene rings is 1. The van der Waals surface area contributed by atoms with Gasteiger partial charge < -0.3 is 15.5 Å². The van der Waals surface area contributed by atoms with Gasteiger partial charge >= 0.3 is 6.03 Å². The third-order valence-corrected chi connectivity index (χ3v) is 5.45. The Morgan fingerprint density at radius 1 is 1.18 bits per heavy atom. The van der Waals surface area contributed by atoms with E-state index in [4.69, 9.17) is 5.73 Å². The number of rotatable bonds is 3. The van der Waals surface area contributed by atoms with E-state index < -0.39 is 36.6 Å². The molecule has 1 aromatic carbocycles. The zero-order valence-electron chi connectivity index (χ0n) is 16.2. The maximum atomic E-state index is 13.0. The average molecular weight is 382 g/mol. The summed E-state index contributed by atoms with van der Waals surface area (Å²) in [7, 11) is 1.57. The fraction of sp³-hybridized carbons (Fsp3) is 0.368. The van der Waals surface area contributed by atoms with E-state index in [1.165, 1.54) is 10.5 Å². The van der Waals surface area contributed by atoms with Gasteiger partial charge in [0.25, 0.3) is 5.91 Å². The lowest BCUT2D eigenvalue weighted by atomic mass is 10.1. The van der Waals surface area contributed by atoms with E-state index in [0.29, 0.717) is 5.96 Å². The van der Waals surface area contributed by atoms with Gasteiger partial charge in [-0.1, -0.05) is 6.07 Å². The highest BCUT2D eigenvalue weighted by Crippen LogP contribution is 2.36. The van der Waals surface area contributed by atoms with Gasteiger partial charge in [-0.15, -0.1) is 0 Å². The number of carbonyl (C=O) groups is 3. The molecule has 0 spiro atoms. The van der Waals surface area contributed by atoms with Crippen LogP contribution in [0.2, 0.25) is 0 Å². The minimum absolute atomic E-state index is 0.446. The van der Waals surface area contributed by atoms with Crippen LogP contribution < -0.4 is 10.6 Å². The van der Waals surface area contributed by atoms with Crippen molar-refractivity contribution in [3.8, 4) is 0 Å². The number of urea groups is 1. The number of nitrogens with zero attached hydrogens (tertiary/aromatic N) is 5. The zero-order chi connectivity index (χ0) is 20.3. The van der Waals surface area contributed by atoms with Gasteiger partial charge in [-0.05, 0) is 44.0 Å². The first-order valence-electron chi connectivity index (χ1n) is 8.99. The fourth-order valence-electron chi connectivity index (χ4n) is 3.84. The highest BCUT2D eigenvalue weighted by Gasteiger charge is 2.54. The summed E-state index contributed by atoms with van der Waals surface area (Å²) in [6, 6.07) is 4.82. The molecule has 3 heterocycles. The molecule has 4 amide bonds. The molecule has 2 atom stereocenters. The minimum atomic E-state index is -0.738. The maximum Gasteiger partial charge on any atom is 0.328 e. The van der Waals surface area contributed by atoms with Crippen molar-refractivity contribution in [3.63, 3.8) is 0 Å². The quantitative estimate of drug-likeness (QED) is 0.830. The van der Waals surface area contributed by atoms with Crippen molar-refractivity contribution in [1.82, 2.24) is 14.7 Å². The lowest BCUT2D eigenvalue weighted by molar-refractivity contribution is -0.139. The van der Waals surface area contributed by atoms with Crippen LogP contribution in [0.1, 0.15) is 18.1 Å². The van der Waals surface area contributed by atoms with Gasteiger partial charge in [0, 0.05) is 24.6 Å². The first-order valence-corrected chi connectivity index (χ1v) is 8.99. The summed E-state index contributed by atoms with van der Waals surface area (Å²) in [6.45, 7) is 5.58. The molecule has 9 heteroatoms. The molecule has 2 N–H and O–H groups in total. The van der Waals surface area contributed by atoms with Gasteiger partial charge in [-0.25, -0.2) is 9.79 Å². The standard InChI is InChI=1S/C19H22N6O3/c1-10-5-6-13(7-11(10)2)25-12(3)8-23-15-16(21-18(23)25)22(4)19(28)24(17(15)27)9-14(20)26/h5-8,15-16H,9H2,1-4H3,(H2,20,26). The number of aryl methyl sites for hydroxylation is 2. The van der Waals surface area contributed by atoms with Crippen LogP contribution >= 0.6 is 0 Å². The van der Waals surface area contributed by atoms with Crippen molar-refractivity contribution in [2.45, 2.75) is 33.0 Å². The Labute approximate surface area is 162 Å². The minimum Gasteiger partial charge on any atom is -0.368 e. The number of nitrogens with two attached hydrogens (primary N) is 1. The third kappa shape index (κ3) is 2.46. The van der Waals surface area contributed by atoms with Crippen LogP contribution in [0, 0.1) is 13.8 Å². The van der Waals surface area contributed by atoms with Crippen molar-refractivity contribution in [1.29, 1.82) is 0 Å². The Balaban J connectivity index is 1.73. The SMILES string of the molecule is CC1=CN2C(=NC3C2C(=O)N(CC(N)=O)C(=O)N3C)N1c1ccc(C)c(C)c1. The largest absolute Gasteiger partial charge is 0.368 e. The van der Waals surface area contributed by atoms with E-state index in [2.05, 4.69) is 11.1 Å². The number of anilines is 1. The Bertz CT molecular complexity index is 968. The molecule has 0 radical (unpaired) electrons. The Morgan fingerprint density at radius 3 is 2.54 bits per heavy atom. The molecular weight excluding hydrogens is 360 g/mol. The maximum absolute atomic E-state index is 13.0. The molecular formula is C19H22N6O3. The van der Waals surface area contributed by atoms with Crippen molar-refractivity contribution in [2.75, 3.05) is 18.5 Å². The van der Waals surface area contributed by atoms with E-state index in [1.807, 2.05) is 44.0 Å². The number of amides is 4. The molecule has 1 aromatic rings. The average Bonchev–Trinajstić information content (AvgIpc) is 3.14. The first-order chi connectivity index (χ1) is 13.2. The summed E-state index contributed by atoms with van der Waals surface area (Å²) >= 11 is 0. The van der Waals surface area contributed by atoms with Crippen molar-refractivity contribution >= 4 is 29.5 Å². The van der Waals surface area contributed by atoms with Crippen molar-refractivity contribution < 1.29 is 14.4 Å². The van der Waals surface area contributed by atoms with Gasteiger partial charge in [-0.3, -0.25) is 19.4 Å². The lowest BCUT2D eigenvalue weighted by Gasteiger charge is -2.39. The highest BCUT2D eigenvalue weighted by atomic mass is 16.2. The van der Waals surface area contributed by atoms with Crippen LogP contribution in [0.3, 0.4) is 0 Å². The van der Waals surface area contributed by atoms with Gasteiger partial charge in [0.1, 0.15) is 6.54 Å². The molecule has 2 unspecified atom stereocenters. The second-order valence-electron chi connectivity index (χ2n) is 7.35. The summed E-state index contributed by atoms with van der Waals surface area (Å²) in [5, 5.41) is 0. The number of imide groups is 1. The molecule has 0 aliphatic carbocycles. The molecule has 28 heavy (non-hydrogen) atoms. The predicted octanol–water partition coefficient (Wildman–Crippen LogP) is 0.730. The number of guanidine groups is 1. The first kappa shape index (κ1) is 18.0.